The molecule has 1 fully saturated rings. The number of carbonyl (C=O) groups is 1. The summed E-state index contributed by atoms with van der Waals surface area (Å²) in [5.41, 5.74) is 0.543. The van der Waals surface area contributed by atoms with Crippen LogP contribution in [0, 0.1) is 5.95 Å². The molecule has 0 bridgehead atoms. The third-order valence-corrected chi connectivity index (χ3v) is 4.28. The Morgan fingerprint density at radius 2 is 1.97 bits per heavy atom. The van der Waals surface area contributed by atoms with Crippen molar-refractivity contribution < 1.29 is 27.1 Å². The average molecular weight is 455 g/mol. The highest BCUT2D eigenvalue weighted by Crippen LogP contribution is 2.33. The summed E-state index contributed by atoms with van der Waals surface area (Å²) >= 11 is 6.02. The van der Waals surface area contributed by atoms with Crippen LogP contribution in [0.2, 0.25) is 5.15 Å². The maximum absolute atomic E-state index is 13.8. The zero-order valence-electron chi connectivity index (χ0n) is 14.9. The second-order valence-corrected chi connectivity index (χ2v) is 6.45. The van der Waals surface area contributed by atoms with E-state index in [-0.39, 0.29) is 47.6 Å². The molecule has 3 heterocycles. The number of hydrogen-bond acceptors (Lipinski definition) is 5. The van der Waals surface area contributed by atoms with Crippen LogP contribution in [0.4, 0.5) is 17.6 Å². The Kier molecular flexibility index (Phi) is 7.39. The van der Waals surface area contributed by atoms with Crippen molar-refractivity contribution in [2.24, 2.45) is 0 Å². The molecule has 1 saturated heterocycles. The van der Waals surface area contributed by atoms with Crippen LogP contribution < -0.4 is 10.6 Å². The summed E-state index contributed by atoms with van der Waals surface area (Å²) < 4.78 is 57.9. The quantitative estimate of drug-likeness (QED) is 0.549. The zero-order chi connectivity index (χ0) is 20.5. The van der Waals surface area contributed by atoms with Gasteiger partial charge in [-0.1, -0.05) is 11.6 Å². The largest absolute Gasteiger partial charge is 0.415 e. The van der Waals surface area contributed by atoms with Crippen molar-refractivity contribution in [3.05, 3.63) is 46.6 Å². The van der Waals surface area contributed by atoms with Crippen LogP contribution >= 0.6 is 24.0 Å². The number of halogens is 6. The normalized spacial score (nSPS) is 19.4. The van der Waals surface area contributed by atoms with Crippen LogP contribution in [0.3, 0.4) is 0 Å². The van der Waals surface area contributed by atoms with Crippen molar-refractivity contribution >= 4 is 29.9 Å². The fraction of sp³-hybridized carbons (Fsp3) is 0.353. The number of ether oxygens (including phenoxy) is 1. The van der Waals surface area contributed by atoms with Crippen molar-refractivity contribution in [2.75, 3.05) is 20.1 Å². The fourth-order valence-electron chi connectivity index (χ4n) is 2.77. The molecular formula is C17H16Cl2F4N4O2. The number of aromatic nitrogens is 2. The predicted octanol–water partition coefficient (Wildman–Crippen LogP) is 3.31. The SMILES string of the molecule is CNC(=O)c1cc(-c2cc(C3CNCC(C(F)(F)F)O3)cc(Cl)n2)cc(F)n1.Cl. The first-order valence-corrected chi connectivity index (χ1v) is 8.55. The number of nitrogens with one attached hydrogen (secondary N) is 2. The van der Waals surface area contributed by atoms with Gasteiger partial charge in [-0.25, -0.2) is 9.97 Å². The number of hydrogen-bond donors (Lipinski definition) is 2. The van der Waals surface area contributed by atoms with Gasteiger partial charge >= 0.3 is 6.18 Å². The molecule has 0 aromatic carbocycles. The van der Waals surface area contributed by atoms with Gasteiger partial charge in [-0.3, -0.25) is 4.79 Å². The van der Waals surface area contributed by atoms with Crippen LogP contribution in [0.15, 0.2) is 24.3 Å². The summed E-state index contributed by atoms with van der Waals surface area (Å²) in [4.78, 5) is 19.3. The summed E-state index contributed by atoms with van der Waals surface area (Å²) in [5, 5.41) is 5.00. The molecule has 1 amide bonds. The van der Waals surface area contributed by atoms with Gasteiger partial charge in [-0.15, -0.1) is 12.4 Å². The van der Waals surface area contributed by atoms with Gasteiger partial charge in [0.2, 0.25) is 5.95 Å². The minimum absolute atomic E-state index is 0. The molecule has 0 aliphatic carbocycles. The van der Waals surface area contributed by atoms with Crippen molar-refractivity contribution in [3.63, 3.8) is 0 Å². The molecule has 0 radical (unpaired) electrons. The average Bonchev–Trinajstić information content (AvgIpc) is 2.65. The molecule has 3 rings (SSSR count). The summed E-state index contributed by atoms with van der Waals surface area (Å²) in [7, 11) is 1.37. The second kappa shape index (κ2) is 9.21. The molecule has 0 saturated carbocycles. The van der Waals surface area contributed by atoms with Crippen molar-refractivity contribution in [1.29, 1.82) is 0 Å². The van der Waals surface area contributed by atoms with Gasteiger partial charge in [-0.2, -0.15) is 17.6 Å². The van der Waals surface area contributed by atoms with Crippen LogP contribution in [0.1, 0.15) is 22.2 Å². The number of pyridine rings is 2. The minimum atomic E-state index is -4.51. The van der Waals surface area contributed by atoms with E-state index in [1.54, 1.807) is 0 Å². The van der Waals surface area contributed by atoms with E-state index in [0.717, 1.165) is 6.07 Å². The topological polar surface area (TPSA) is 76.1 Å². The van der Waals surface area contributed by atoms with Gasteiger partial charge in [0.15, 0.2) is 6.10 Å². The second-order valence-electron chi connectivity index (χ2n) is 6.06. The van der Waals surface area contributed by atoms with Crippen LogP contribution in [0.5, 0.6) is 0 Å². The molecule has 2 unspecified atom stereocenters. The van der Waals surface area contributed by atoms with Gasteiger partial charge in [0.25, 0.3) is 5.91 Å². The predicted molar refractivity (Wildman–Crippen MR) is 99.6 cm³/mol. The van der Waals surface area contributed by atoms with Gasteiger partial charge in [-0.05, 0) is 23.8 Å². The lowest BCUT2D eigenvalue weighted by atomic mass is 10.0. The van der Waals surface area contributed by atoms with E-state index in [0.29, 0.717) is 5.56 Å². The molecule has 158 valence electrons. The lowest BCUT2D eigenvalue weighted by molar-refractivity contribution is -0.240. The van der Waals surface area contributed by atoms with Crippen molar-refractivity contribution in [2.45, 2.75) is 18.4 Å². The van der Waals surface area contributed by atoms with E-state index in [1.165, 1.54) is 25.2 Å². The van der Waals surface area contributed by atoms with Gasteiger partial charge < -0.3 is 15.4 Å². The molecule has 2 aromatic rings. The summed E-state index contributed by atoms with van der Waals surface area (Å²) in [6.45, 7) is -0.211. The van der Waals surface area contributed by atoms with E-state index in [9.17, 15) is 22.4 Å². The first-order valence-electron chi connectivity index (χ1n) is 8.18. The Labute approximate surface area is 174 Å². The Balaban J connectivity index is 0.00000300. The van der Waals surface area contributed by atoms with E-state index < -0.39 is 30.2 Å². The Hall–Kier alpha value is -2.01. The van der Waals surface area contributed by atoms with Gasteiger partial charge in [0.05, 0.1) is 11.8 Å². The standard InChI is InChI=1S/C17H15ClF4N4O2.ClH/c1-23-16(27)11-2-8(5-15(19)26-11)10-3-9(4-14(18)25-10)12-6-24-7-13(28-12)17(20,21)22;/h2-5,12-13,24H,6-7H2,1H3,(H,23,27);1H. The van der Waals surface area contributed by atoms with E-state index >= 15 is 0 Å². The maximum Gasteiger partial charge on any atom is 0.415 e. The molecule has 0 spiro atoms. The molecular weight excluding hydrogens is 439 g/mol. The molecule has 2 N–H and O–H groups in total. The zero-order valence-corrected chi connectivity index (χ0v) is 16.5. The van der Waals surface area contributed by atoms with Gasteiger partial charge in [0, 0.05) is 31.8 Å². The number of morpholine rings is 1. The number of alkyl halides is 3. The molecule has 2 atom stereocenters. The van der Waals surface area contributed by atoms with Crippen LogP contribution in [0.25, 0.3) is 11.3 Å². The van der Waals surface area contributed by atoms with E-state index in [1.807, 2.05) is 0 Å². The van der Waals surface area contributed by atoms with Crippen LogP contribution in [-0.2, 0) is 4.74 Å². The highest BCUT2D eigenvalue weighted by Gasteiger charge is 2.44. The van der Waals surface area contributed by atoms with Crippen molar-refractivity contribution in [1.82, 2.24) is 20.6 Å². The monoisotopic (exact) mass is 454 g/mol. The highest BCUT2D eigenvalue weighted by atomic mass is 35.5. The summed E-state index contributed by atoms with van der Waals surface area (Å²) in [5.74, 6) is -1.51. The Bertz CT molecular complexity index is 898. The lowest BCUT2D eigenvalue weighted by Crippen LogP contribution is -2.48. The first kappa shape index (κ1) is 23.3. The van der Waals surface area contributed by atoms with E-state index in [2.05, 4.69) is 20.6 Å². The number of rotatable bonds is 3. The molecule has 12 heteroatoms. The summed E-state index contributed by atoms with van der Waals surface area (Å²) in [6, 6.07) is 5.18. The maximum atomic E-state index is 13.8. The molecule has 1 aliphatic heterocycles. The number of nitrogens with zero attached hydrogens (tertiary/aromatic N) is 2. The Morgan fingerprint density at radius 1 is 1.24 bits per heavy atom. The van der Waals surface area contributed by atoms with Crippen LogP contribution in [-0.4, -0.2) is 48.3 Å². The molecule has 29 heavy (non-hydrogen) atoms. The lowest BCUT2D eigenvalue weighted by Gasteiger charge is -2.32. The third-order valence-electron chi connectivity index (χ3n) is 4.09. The molecule has 1 aliphatic rings. The van der Waals surface area contributed by atoms with Crippen molar-refractivity contribution in [3.8, 4) is 11.3 Å². The minimum Gasteiger partial charge on any atom is -0.358 e. The molecule has 6 nitrogen and oxygen atoms in total. The van der Waals surface area contributed by atoms with E-state index in [4.69, 9.17) is 16.3 Å². The number of amides is 1. The third kappa shape index (κ3) is 5.53. The summed E-state index contributed by atoms with van der Waals surface area (Å²) in [6.07, 6.45) is -7.40. The Morgan fingerprint density at radius 3 is 2.62 bits per heavy atom. The smallest absolute Gasteiger partial charge is 0.358 e. The fourth-order valence-corrected chi connectivity index (χ4v) is 2.99. The first-order chi connectivity index (χ1) is 13.2. The molecule has 2 aromatic heterocycles. The number of carbonyl (C=O) groups excluding carboxylic acids is 1. The van der Waals surface area contributed by atoms with Gasteiger partial charge in [0.1, 0.15) is 10.8 Å². The highest BCUT2D eigenvalue weighted by molar-refractivity contribution is 6.29.